The molecule has 0 saturated carbocycles. The topological polar surface area (TPSA) is 226 Å². The molecule has 0 saturated heterocycles. The maximum atomic E-state index is 13.0. The Bertz CT molecular complexity index is 1190. The van der Waals surface area contributed by atoms with Crippen LogP contribution < -0.4 is 16.5 Å². The number of amides is 4. The second-order valence-electron chi connectivity index (χ2n) is 8.18. The van der Waals surface area contributed by atoms with Gasteiger partial charge in [-0.2, -0.15) is 0 Å². The van der Waals surface area contributed by atoms with Crippen LogP contribution in [0, 0.1) is 5.41 Å². The van der Waals surface area contributed by atoms with Crippen molar-refractivity contribution in [2.45, 2.75) is 38.4 Å². The summed E-state index contributed by atoms with van der Waals surface area (Å²) in [6.07, 6.45) is -1.09. The van der Waals surface area contributed by atoms with E-state index >= 15 is 0 Å². The molecular weight excluding hydrogens is 500 g/mol. The van der Waals surface area contributed by atoms with Crippen molar-refractivity contribution in [3.63, 3.8) is 0 Å². The van der Waals surface area contributed by atoms with Gasteiger partial charge in [-0.1, -0.05) is 54.6 Å². The lowest BCUT2D eigenvalue weighted by Gasteiger charge is -2.31. The largest absolute Gasteiger partial charge is 0.481 e. The summed E-state index contributed by atoms with van der Waals surface area (Å²) in [5.74, 6) is -5.17. The van der Waals surface area contributed by atoms with Gasteiger partial charge >= 0.3 is 18.0 Å². The van der Waals surface area contributed by atoms with E-state index in [1.807, 2.05) is 5.43 Å². The monoisotopic (exact) mass is 528 g/mol. The molecule has 4 amide bonds. The van der Waals surface area contributed by atoms with Gasteiger partial charge in [-0.25, -0.2) is 25.1 Å². The van der Waals surface area contributed by atoms with Gasteiger partial charge in [0.05, 0.1) is 13.0 Å². The first kappa shape index (κ1) is 29.3. The number of amidine groups is 1. The fourth-order valence-corrected chi connectivity index (χ4v) is 3.36. The number of nitrogens with zero attached hydrogens (tertiary/aromatic N) is 2. The molecule has 2 aromatic rings. The maximum absolute atomic E-state index is 13.0. The summed E-state index contributed by atoms with van der Waals surface area (Å²) in [5, 5.41) is 39.3. The highest BCUT2D eigenvalue weighted by Crippen LogP contribution is 2.10. The molecule has 0 aromatic heterocycles. The number of hydroxylamine groups is 2. The first-order valence-corrected chi connectivity index (χ1v) is 11.2. The molecule has 2 atom stereocenters. The molecule has 38 heavy (non-hydrogen) atoms. The Labute approximate surface area is 217 Å². The first-order valence-electron chi connectivity index (χ1n) is 11.2. The molecule has 0 unspecified atom stereocenters. The first-order chi connectivity index (χ1) is 17.9. The Morgan fingerprint density at radius 2 is 1.58 bits per heavy atom. The molecular formula is C24H28N6O8. The van der Waals surface area contributed by atoms with Crippen LogP contribution in [0.4, 0.5) is 4.79 Å². The van der Waals surface area contributed by atoms with E-state index in [0.29, 0.717) is 21.7 Å². The lowest BCUT2D eigenvalue weighted by molar-refractivity contribution is -0.150. The number of hydrogen-bond donors (Lipinski definition) is 7. The van der Waals surface area contributed by atoms with Gasteiger partial charge in [0.2, 0.25) is 11.8 Å². The van der Waals surface area contributed by atoms with Crippen LogP contribution in [0.5, 0.6) is 0 Å². The molecule has 2 rings (SSSR count). The summed E-state index contributed by atoms with van der Waals surface area (Å²) in [5.41, 5.74) is 8.81. The van der Waals surface area contributed by atoms with Crippen LogP contribution in [0.2, 0.25) is 0 Å². The number of carbonyl (C=O) groups is 5. The van der Waals surface area contributed by atoms with Gasteiger partial charge in [0.15, 0.2) is 0 Å². The van der Waals surface area contributed by atoms with Crippen molar-refractivity contribution in [2.24, 2.45) is 5.73 Å². The Hall–Kier alpha value is -4.98. The van der Waals surface area contributed by atoms with Gasteiger partial charge in [0.1, 0.15) is 17.9 Å². The standard InChI is InChI=1S/C24H28N6O8/c1-14(31)30(28-24(37)29(38)13-16-7-9-17(10-8-16)21(25)26)19(12-20(32)33)22(34)27-18(23(35)36)11-15-5-3-2-4-6-15/h2-10,18-19,38H,11-13H2,1H3,(H3,25,26)(H,27,34)(H,28,37)(H,32,33)(H,35,36)/t18-,19-/m0/s1. The van der Waals surface area contributed by atoms with Crippen molar-refractivity contribution in [3.8, 4) is 0 Å². The summed E-state index contributed by atoms with van der Waals surface area (Å²) < 4.78 is 0. The summed E-state index contributed by atoms with van der Waals surface area (Å²) in [4.78, 5) is 61.0. The summed E-state index contributed by atoms with van der Waals surface area (Å²) in [7, 11) is 0. The van der Waals surface area contributed by atoms with Crippen molar-refractivity contribution >= 4 is 35.6 Å². The van der Waals surface area contributed by atoms with Gasteiger partial charge in [-0.05, 0) is 11.1 Å². The van der Waals surface area contributed by atoms with E-state index in [0.717, 1.165) is 6.92 Å². The van der Waals surface area contributed by atoms with Gasteiger partial charge in [0, 0.05) is 18.9 Å². The molecule has 0 aliphatic rings. The quantitative estimate of drug-likeness (QED) is 0.0919. The minimum Gasteiger partial charge on any atom is -0.481 e. The second-order valence-corrected chi connectivity index (χ2v) is 8.18. The van der Waals surface area contributed by atoms with E-state index in [1.54, 1.807) is 30.3 Å². The molecule has 0 heterocycles. The highest BCUT2D eigenvalue weighted by molar-refractivity contribution is 5.95. The van der Waals surface area contributed by atoms with E-state index in [2.05, 4.69) is 5.32 Å². The smallest absolute Gasteiger partial charge is 0.360 e. The van der Waals surface area contributed by atoms with E-state index in [4.69, 9.17) is 11.1 Å². The molecule has 202 valence electrons. The second kappa shape index (κ2) is 13.4. The third-order valence-corrected chi connectivity index (χ3v) is 5.27. The molecule has 0 fully saturated rings. The molecule has 0 bridgehead atoms. The van der Waals surface area contributed by atoms with Crippen LogP contribution in [0.15, 0.2) is 54.6 Å². The molecule has 0 aliphatic heterocycles. The van der Waals surface area contributed by atoms with E-state index < -0.39 is 48.3 Å². The molecule has 0 aliphatic carbocycles. The zero-order valence-corrected chi connectivity index (χ0v) is 20.3. The van der Waals surface area contributed by atoms with Gasteiger partial charge in [-0.15, -0.1) is 0 Å². The van der Waals surface area contributed by atoms with Crippen molar-refractivity contribution in [2.75, 3.05) is 0 Å². The average Bonchev–Trinajstić information content (AvgIpc) is 2.86. The van der Waals surface area contributed by atoms with Crippen LogP contribution in [0.3, 0.4) is 0 Å². The zero-order valence-electron chi connectivity index (χ0n) is 20.3. The number of rotatable bonds is 11. The Morgan fingerprint density at radius 3 is 2.08 bits per heavy atom. The maximum Gasteiger partial charge on any atom is 0.360 e. The third kappa shape index (κ3) is 8.60. The fourth-order valence-electron chi connectivity index (χ4n) is 3.36. The lowest BCUT2D eigenvalue weighted by Crippen LogP contribution is -2.60. The number of urea groups is 1. The number of nitrogens with two attached hydrogens (primary N) is 1. The number of nitrogens with one attached hydrogen (secondary N) is 3. The van der Waals surface area contributed by atoms with Crippen LogP contribution in [0.25, 0.3) is 0 Å². The summed E-state index contributed by atoms with van der Waals surface area (Å²) >= 11 is 0. The summed E-state index contributed by atoms with van der Waals surface area (Å²) in [6.45, 7) is 0.576. The molecule has 2 aromatic carbocycles. The zero-order chi connectivity index (χ0) is 28.4. The third-order valence-electron chi connectivity index (χ3n) is 5.27. The predicted molar refractivity (Wildman–Crippen MR) is 132 cm³/mol. The minimum absolute atomic E-state index is 0.124. The molecule has 14 heteroatoms. The number of carbonyl (C=O) groups excluding carboxylic acids is 3. The number of hydrazine groups is 1. The number of hydrogen-bond acceptors (Lipinski definition) is 7. The number of benzene rings is 2. The van der Waals surface area contributed by atoms with Gasteiger partial charge < -0.3 is 21.3 Å². The van der Waals surface area contributed by atoms with E-state index in [9.17, 15) is 39.4 Å². The Kier molecular flexibility index (Phi) is 10.3. The molecule has 0 radical (unpaired) electrons. The highest BCUT2D eigenvalue weighted by atomic mass is 16.5. The number of nitrogen functional groups attached to an aromatic ring is 1. The van der Waals surface area contributed by atoms with Crippen LogP contribution in [-0.2, 0) is 32.1 Å². The molecule has 14 nitrogen and oxygen atoms in total. The predicted octanol–water partition coefficient (Wildman–Crippen LogP) is 0.290. The summed E-state index contributed by atoms with van der Waals surface area (Å²) in [6, 6.07) is 9.77. The molecule has 0 spiro atoms. The number of aliphatic carboxylic acids is 2. The van der Waals surface area contributed by atoms with E-state index in [1.165, 1.54) is 24.3 Å². The van der Waals surface area contributed by atoms with Crippen LogP contribution >= 0.6 is 0 Å². The van der Waals surface area contributed by atoms with Crippen molar-refractivity contribution in [1.82, 2.24) is 20.8 Å². The molecule has 8 N–H and O–H groups in total. The lowest BCUT2D eigenvalue weighted by atomic mass is 10.0. The Balaban J connectivity index is 2.18. The minimum atomic E-state index is -1.84. The van der Waals surface area contributed by atoms with Crippen LogP contribution in [0.1, 0.15) is 30.0 Å². The fraction of sp³-hybridized carbons (Fsp3) is 0.250. The van der Waals surface area contributed by atoms with Crippen molar-refractivity contribution in [1.29, 1.82) is 5.41 Å². The average molecular weight is 529 g/mol. The van der Waals surface area contributed by atoms with Crippen LogP contribution in [-0.4, -0.2) is 73.2 Å². The van der Waals surface area contributed by atoms with Crippen molar-refractivity contribution < 1.29 is 39.4 Å². The van der Waals surface area contributed by atoms with Crippen molar-refractivity contribution in [3.05, 3.63) is 71.3 Å². The number of carboxylic acid groups (broad SMARTS) is 2. The number of carboxylic acids is 2. The van der Waals surface area contributed by atoms with E-state index in [-0.39, 0.29) is 23.9 Å². The van der Waals surface area contributed by atoms with Gasteiger partial charge in [-0.3, -0.25) is 25.0 Å². The normalized spacial score (nSPS) is 11.9. The SMILES string of the molecule is CC(=O)N(NC(=O)N(O)Cc1ccc(C(=N)N)cc1)[C@@H](CC(=O)O)C(=O)N[C@@H](Cc1ccccc1)C(=O)O. The van der Waals surface area contributed by atoms with Gasteiger partial charge in [0.25, 0.3) is 0 Å². The highest BCUT2D eigenvalue weighted by Gasteiger charge is 2.35. The Morgan fingerprint density at radius 1 is 0.974 bits per heavy atom.